The maximum absolute atomic E-state index is 11.6. The van der Waals surface area contributed by atoms with Crippen LogP contribution in [-0.2, 0) is 16.1 Å². The summed E-state index contributed by atoms with van der Waals surface area (Å²) in [7, 11) is 1.57. The van der Waals surface area contributed by atoms with Crippen LogP contribution in [-0.4, -0.2) is 25.0 Å². The molecular formula is C13H15ClN2O3. The lowest BCUT2D eigenvalue weighted by atomic mass is 10.1. The third-order valence-corrected chi connectivity index (χ3v) is 3.41. The van der Waals surface area contributed by atoms with Gasteiger partial charge in [-0.3, -0.25) is 14.9 Å². The first kappa shape index (κ1) is 13.8. The van der Waals surface area contributed by atoms with Gasteiger partial charge in [-0.15, -0.1) is 0 Å². The van der Waals surface area contributed by atoms with E-state index >= 15 is 0 Å². The van der Waals surface area contributed by atoms with Gasteiger partial charge in [-0.2, -0.15) is 0 Å². The number of imide groups is 1. The molecule has 6 heteroatoms. The van der Waals surface area contributed by atoms with E-state index in [9.17, 15) is 9.59 Å². The Labute approximate surface area is 116 Å². The predicted octanol–water partition coefficient (Wildman–Crippen LogP) is 1.24. The van der Waals surface area contributed by atoms with Crippen LogP contribution in [0.1, 0.15) is 18.4 Å². The molecule has 0 spiro atoms. The summed E-state index contributed by atoms with van der Waals surface area (Å²) >= 11 is 6.11. The minimum absolute atomic E-state index is 0.224. The molecule has 2 rings (SSSR count). The number of methoxy groups -OCH3 is 1. The fourth-order valence-corrected chi connectivity index (χ4v) is 2.25. The van der Waals surface area contributed by atoms with Gasteiger partial charge < -0.3 is 10.1 Å². The van der Waals surface area contributed by atoms with E-state index in [2.05, 4.69) is 10.6 Å². The van der Waals surface area contributed by atoms with Crippen molar-refractivity contribution in [1.29, 1.82) is 0 Å². The molecule has 0 saturated carbocycles. The Balaban J connectivity index is 2.03. The van der Waals surface area contributed by atoms with Crippen molar-refractivity contribution in [1.82, 2.24) is 10.6 Å². The van der Waals surface area contributed by atoms with Crippen molar-refractivity contribution in [2.45, 2.75) is 25.4 Å². The average molecular weight is 283 g/mol. The van der Waals surface area contributed by atoms with E-state index in [0.29, 0.717) is 30.2 Å². The van der Waals surface area contributed by atoms with E-state index in [1.54, 1.807) is 19.2 Å². The predicted molar refractivity (Wildman–Crippen MR) is 71.0 cm³/mol. The topological polar surface area (TPSA) is 67.4 Å². The molecule has 19 heavy (non-hydrogen) atoms. The van der Waals surface area contributed by atoms with Gasteiger partial charge in [-0.05, 0) is 18.6 Å². The van der Waals surface area contributed by atoms with Gasteiger partial charge in [0.2, 0.25) is 11.8 Å². The second-order valence-electron chi connectivity index (χ2n) is 4.31. The van der Waals surface area contributed by atoms with E-state index in [-0.39, 0.29) is 17.9 Å². The summed E-state index contributed by atoms with van der Waals surface area (Å²) in [5.41, 5.74) is 0.802. The molecule has 2 N–H and O–H groups in total. The standard InChI is InChI=1S/C13H15ClN2O3/c1-19-11-4-2-3-9(14)8(11)7-15-10-5-6-12(17)16-13(10)18/h2-4,10,15H,5-7H2,1H3,(H,16,17,18). The first-order chi connectivity index (χ1) is 9.11. The third-order valence-electron chi connectivity index (χ3n) is 3.06. The minimum Gasteiger partial charge on any atom is -0.496 e. The van der Waals surface area contributed by atoms with E-state index in [0.717, 1.165) is 5.56 Å². The molecule has 1 aromatic carbocycles. The highest BCUT2D eigenvalue weighted by atomic mass is 35.5. The number of nitrogens with one attached hydrogen (secondary N) is 2. The molecule has 0 aliphatic carbocycles. The van der Waals surface area contributed by atoms with Crippen LogP contribution in [0.25, 0.3) is 0 Å². The SMILES string of the molecule is COc1cccc(Cl)c1CNC1CCC(=O)NC1=O. The first-order valence-corrected chi connectivity index (χ1v) is 6.38. The van der Waals surface area contributed by atoms with E-state index in [1.165, 1.54) is 0 Å². The number of ether oxygens (including phenoxy) is 1. The fourth-order valence-electron chi connectivity index (χ4n) is 2.02. The summed E-state index contributed by atoms with van der Waals surface area (Å²) < 4.78 is 5.23. The van der Waals surface area contributed by atoms with Gasteiger partial charge in [0.1, 0.15) is 5.75 Å². The number of hydrogen-bond acceptors (Lipinski definition) is 4. The largest absolute Gasteiger partial charge is 0.496 e. The average Bonchev–Trinajstić information content (AvgIpc) is 2.39. The Morgan fingerprint density at radius 1 is 1.47 bits per heavy atom. The quantitative estimate of drug-likeness (QED) is 0.816. The van der Waals surface area contributed by atoms with Crippen molar-refractivity contribution in [3.05, 3.63) is 28.8 Å². The summed E-state index contributed by atoms with van der Waals surface area (Å²) in [4.78, 5) is 22.7. The number of amides is 2. The number of halogens is 1. The Hall–Kier alpha value is -1.59. The Morgan fingerprint density at radius 2 is 2.26 bits per heavy atom. The monoisotopic (exact) mass is 282 g/mol. The highest BCUT2D eigenvalue weighted by molar-refractivity contribution is 6.31. The molecule has 5 nitrogen and oxygen atoms in total. The second-order valence-corrected chi connectivity index (χ2v) is 4.71. The normalized spacial score (nSPS) is 19.2. The number of hydrogen-bond donors (Lipinski definition) is 2. The van der Waals surface area contributed by atoms with Crippen LogP contribution >= 0.6 is 11.6 Å². The molecule has 0 bridgehead atoms. The first-order valence-electron chi connectivity index (χ1n) is 6.00. The number of benzene rings is 1. The zero-order valence-electron chi connectivity index (χ0n) is 10.5. The van der Waals surface area contributed by atoms with Crippen LogP contribution in [0, 0.1) is 0 Å². The Kier molecular flexibility index (Phi) is 4.39. The maximum atomic E-state index is 11.6. The van der Waals surface area contributed by atoms with Gasteiger partial charge in [-0.25, -0.2) is 0 Å². The molecule has 2 amide bonds. The maximum Gasteiger partial charge on any atom is 0.243 e. The Morgan fingerprint density at radius 3 is 2.95 bits per heavy atom. The second kappa shape index (κ2) is 6.04. The minimum atomic E-state index is -0.376. The molecule has 1 aliphatic rings. The molecule has 102 valence electrons. The lowest BCUT2D eigenvalue weighted by Crippen LogP contribution is -2.50. The fraction of sp³-hybridized carbons (Fsp3) is 0.385. The van der Waals surface area contributed by atoms with Crippen LogP contribution in [0.15, 0.2) is 18.2 Å². The Bertz CT molecular complexity index is 505. The van der Waals surface area contributed by atoms with Crippen molar-refractivity contribution in [2.24, 2.45) is 0 Å². The number of piperidine rings is 1. The molecule has 1 fully saturated rings. The van der Waals surface area contributed by atoms with Gasteiger partial charge in [0.15, 0.2) is 0 Å². The molecule has 1 unspecified atom stereocenters. The van der Waals surface area contributed by atoms with Crippen molar-refractivity contribution >= 4 is 23.4 Å². The molecule has 0 aromatic heterocycles. The van der Waals surface area contributed by atoms with Crippen LogP contribution < -0.4 is 15.4 Å². The summed E-state index contributed by atoms with van der Waals surface area (Å²) in [5.74, 6) is 0.160. The molecular weight excluding hydrogens is 268 g/mol. The highest BCUT2D eigenvalue weighted by Gasteiger charge is 2.26. The van der Waals surface area contributed by atoms with Crippen LogP contribution in [0.3, 0.4) is 0 Å². The summed E-state index contributed by atoms with van der Waals surface area (Å²) in [5, 5.41) is 5.98. The summed E-state index contributed by atoms with van der Waals surface area (Å²) in [6.45, 7) is 0.412. The third kappa shape index (κ3) is 3.24. The van der Waals surface area contributed by atoms with Gasteiger partial charge in [0, 0.05) is 23.6 Å². The lowest BCUT2D eigenvalue weighted by molar-refractivity contribution is -0.134. The smallest absolute Gasteiger partial charge is 0.243 e. The van der Waals surface area contributed by atoms with Gasteiger partial charge in [0.25, 0.3) is 0 Å². The van der Waals surface area contributed by atoms with E-state index in [1.807, 2.05) is 6.07 Å². The molecule has 1 aliphatic heterocycles. The van der Waals surface area contributed by atoms with Crippen molar-refractivity contribution in [3.63, 3.8) is 0 Å². The number of rotatable bonds is 4. The zero-order chi connectivity index (χ0) is 13.8. The lowest BCUT2D eigenvalue weighted by Gasteiger charge is -2.22. The molecule has 1 heterocycles. The summed E-state index contributed by atoms with van der Waals surface area (Å²) in [6, 6.07) is 5.01. The molecule has 1 aromatic rings. The summed E-state index contributed by atoms with van der Waals surface area (Å²) in [6.07, 6.45) is 0.848. The van der Waals surface area contributed by atoms with Crippen molar-refractivity contribution < 1.29 is 14.3 Å². The van der Waals surface area contributed by atoms with Gasteiger partial charge in [-0.1, -0.05) is 17.7 Å². The van der Waals surface area contributed by atoms with Crippen LogP contribution in [0.4, 0.5) is 0 Å². The van der Waals surface area contributed by atoms with Crippen LogP contribution in [0.5, 0.6) is 5.75 Å². The molecule has 0 radical (unpaired) electrons. The van der Waals surface area contributed by atoms with E-state index in [4.69, 9.17) is 16.3 Å². The van der Waals surface area contributed by atoms with Crippen LogP contribution in [0.2, 0.25) is 5.02 Å². The van der Waals surface area contributed by atoms with Gasteiger partial charge >= 0.3 is 0 Å². The zero-order valence-corrected chi connectivity index (χ0v) is 11.3. The van der Waals surface area contributed by atoms with Crippen molar-refractivity contribution in [3.8, 4) is 5.75 Å². The van der Waals surface area contributed by atoms with Crippen molar-refractivity contribution in [2.75, 3.05) is 7.11 Å². The van der Waals surface area contributed by atoms with E-state index < -0.39 is 0 Å². The van der Waals surface area contributed by atoms with Gasteiger partial charge in [0.05, 0.1) is 13.2 Å². The molecule has 1 atom stereocenters. The molecule has 1 saturated heterocycles. The number of carbonyl (C=O) groups is 2. The number of carbonyl (C=O) groups excluding carboxylic acids is 2. The highest BCUT2D eigenvalue weighted by Crippen LogP contribution is 2.26.